The second-order valence-corrected chi connectivity index (χ2v) is 31.5. The highest BCUT2D eigenvalue weighted by Gasteiger charge is 2.65. The highest BCUT2D eigenvalue weighted by molar-refractivity contribution is 5.78. The van der Waals surface area contributed by atoms with Crippen LogP contribution in [-0.4, -0.2) is 525 Å². The SMILES string of the molecule is CC(=O)N[C@H]1[C@H](O[C@H]2[C@@H](O)[C@@H](CO)O[C@@H](O[C@@H]([C@@H](O)[C@H](O)CO[C@@H]3O[C@H](CO)[C@@H](O[C@@H]4O[C@H](CO)[C@H](O)[C@H](O[C@]5(C(=O)O)C[C@H](O)[C@@H](NC(C)=O)[C@H]([C@H](O)[C@H](O)CO)O5)[C@H]4O)[C@H](O[C@@H]4O[C@@H](C)[C@@H](O)[C@@H](O)[C@@H]4O)[C@H]3NC(C)=O)[C@H](CO)NC(C)=O)[C@@H]2O)O[C@H](CO)[C@@H](O[C@@H]2O[C@H](CO)[C@H](O)[C@H](O[C@]3(C(=O)O)C[C@H](O)[C@@H](NC(C)=O)[C@H]([C@H](O)[C@H](O)CO)O3)[C@H]2O)[C@@H]1O. The number of ether oxygens (including phenoxy) is 16. The first-order valence-electron chi connectivity index (χ1n) is 39.7. The number of rotatable bonds is 39. The minimum absolute atomic E-state index is 0.875. The van der Waals surface area contributed by atoms with Crippen molar-refractivity contribution in [2.75, 3.05) is 59.5 Å². The van der Waals surface area contributed by atoms with E-state index in [0.717, 1.165) is 34.6 Å². The molecule has 0 radical (unpaired) electrons. The Morgan fingerprint density at radius 1 is 0.373 bits per heavy atom. The van der Waals surface area contributed by atoms with Crippen molar-refractivity contribution in [3.8, 4) is 0 Å². The second kappa shape index (κ2) is 45.8. The van der Waals surface area contributed by atoms with E-state index < -0.39 is 395 Å². The molecule has 8 fully saturated rings. The van der Waals surface area contributed by atoms with Crippen LogP contribution >= 0.6 is 0 Å². The van der Waals surface area contributed by atoms with E-state index in [0.29, 0.717) is 0 Å². The smallest absolute Gasteiger partial charge is 0.364 e. The zero-order chi connectivity index (χ0) is 94.1. The van der Waals surface area contributed by atoms with Gasteiger partial charge in [-0.25, -0.2) is 9.59 Å². The molecule has 0 saturated carbocycles. The van der Waals surface area contributed by atoms with Gasteiger partial charge in [0.15, 0.2) is 37.7 Å². The third-order valence-electron chi connectivity index (χ3n) is 22.3. The molecule has 8 heterocycles. The Morgan fingerprint density at radius 3 is 1.17 bits per heavy atom. The second-order valence-electron chi connectivity index (χ2n) is 31.5. The van der Waals surface area contributed by atoms with Gasteiger partial charge in [-0.05, 0) is 6.92 Å². The Labute approximate surface area is 713 Å². The predicted molar refractivity (Wildman–Crippen MR) is 390 cm³/mol. The number of aliphatic carboxylic acids is 2. The maximum Gasteiger partial charge on any atom is 0.364 e. The Kier molecular flexibility index (Phi) is 38.5. The zero-order valence-electron chi connectivity index (χ0n) is 68.1. The molecule has 56 heteroatoms. The van der Waals surface area contributed by atoms with Gasteiger partial charge in [0.2, 0.25) is 29.5 Å². The van der Waals surface area contributed by atoms with Crippen molar-refractivity contribution in [1.29, 1.82) is 0 Å². The van der Waals surface area contributed by atoms with E-state index in [9.17, 15) is 177 Å². The summed E-state index contributed by atoms with van der Waals surface area (Å²) in [6, 6.07) is -9.56. The minimum Gasteiger partial charge on any atom is -0.477 e. The molecule has 5 amide bonds. The molecule has 46 atom stereocenters. The molecular formula is C70H117N5O51. The Hall–Kier alpha value is -5.39. The molecule has 0 aliphatic carbocycles. The van der Waals surface area contributed by atoms with Gasteiger partial charge in [-0.3, -0.25) is 24.0 Å². The Morgan fingerprint density at radius 2 is 0.746 bits per heavy atom. The van der Waals surface area contributed by atoms with Gasteiger partial charge in [-0.1, -0.05) is 0 Å². The van der Waals surface area contributed by atoms with Gasteiger partial charge in [0.05, 0.1) is 95.9 Å². The average molecular weight is 1840 g/mol. The molecular weight excluding hydrogens is 1730 g/mol. The first-order valence-corrected chi connectivity index (χ1v) is 39.7. The van der Waals surface area contributed by atoms with E-state index in [-0.39, 0.29) is 0 Å². The van der Waals surface area contributed by atoms with E-state index in [1.54, 1.807) is 0 Å². The molecule has 0 aromatic carbocycles. The van der Waals surface area contributed by atoms with Crippen molar-refractivity contribution >= 4 is 41.5 Å². The average Bonchev–Trinajstić information content (AvgIpc) is 0.687. The fourth-order valence-electron chi connectivity index (χ4n) is 15.8. The summed E-state index contributed by atoms with van der Waals surface area (Å²) in [5.41, 5.74) is 0. The standard InChI is InChI=1S/C70H117N5O51/c1-18-39(94)47(102)48(103)63(112-18)121-57-38(75-23(6)88)61(116-34(16-83)54(57)120-66-51(106)60(45(100)32(14-81)115-66)126-70(68(109)110)8-26(90)36(73-21(4)86)56(124-70)41(96)28(92)11-78)111-17-29(93)42(97)52(24(9-76)71-19(2)84)118-64-49(104)58(43(98)30(12-79)113-64)122-62-37(74-22(5)87)46(101)53(33(15-82)117-62)119-65-50(105)59(44(99)31(13-80)114-65)125-69(67(107)108)7-25(89)35(72-20(3)85)55(123-69)40(95)27(91)10-77/h18,24-66,76-83,89-106H,7-17H2,1-6H3,(H,71,84)(H,72,85)(H,73,86)(H,74,87)(H,75,88)(H,107,108)(H,109,110)/t18-,24-,25-,26-,27+,28+,29+,30+,31+,32+,33+,34+,35+,36+,37+,38+,39+,40+,41+,42-,43-,44-,45-,46+,47+,48-,49+,50+,51+,52+,53+,54+,55+,56+,57+,58-,59-,60-,61+,62-,63-,64-,65-,66-,69-,70-/m0/s1. The molecule has 0 unspecified atom stereocenters. The normalized spacial score (nSPS) is 43.1. The number of carboxylic acid groups (broad SMARTS) is 2. The van der Waals surface area contributed by atoms with Crippen LogP contribution < -0.4 is 26.6 Å². The van der Waals surface area contributed by atoms with Crippen LogP contribution in [0.25, 0.3) is 0 Å². The lowest BCUT2D eigenvalue weighted by molar-refractivity contribution is -0.391. The maximum atomic E-state index is 13.4. The van der Waals surface area contributed by atoms with Gasteiger partial charge in [0, 0.05) is 47.5 Å². The lowest BCUT2D eigenvalue weighted by Gasteiger charge is -2.51. The highest BCUT2D eigenvalue weighted by Crippen LogP contribution is 2.43. The summed E-state index contributed by atoms with van der Waals surface area (Å²) in [6.45, 7) is -5.55. The maximum absolute atomic E-state index is 13.4. The molecule has 0 spiro atoms. The number of hydrogen-bond acceptors (Lipinski definition) is 49. The summed E-state index contributed by atoms with van der Waals surface area (Å²) in [5, 5.41) is 323. The molecule has 33 N–H and O–H groups in total. The first-order chi connectivity index (χ1) is 59.2. The van der Waals surface area contributed by atoms with Crippen LogP contribution in [0.3, 0.4) is 0 Å². The van der Waals surface area contributed by atoms with Crippen LogP contribution in [-0.2, 0) is 109 Å². The van der Waals surface area contributed by atoms with Crippen molar-refractivity contribution in [2.45, 2.75) is 335 Å². The molecule has 8 aliphatic rings. The molecule has 8 saturated heterocycles. The molecule has 8 rings (SSSR count). The van der Waals surface area contributed by atoms with Crippen molar-refractivity contribution in [2.24, 2.45) is 0 Å². The summed E-state index contributed by atoms with van der Waals surface area (Å²) < 4.78 is 94.1. The Balaban J connectivity index is 1.06. The first kappa shape index (κ1) is 106. The van der Waals surface area contributed by atoms with Gasteiger partial charge in [-0.2, -0.15) is 0 Å². The lowest BCUT2D eigenvalue weighted by Crippen LogP contribution is -2.71. The molecule has 728 valence electrons. The molecule has 56 nitrogen and oxygen atoms in total. The van der Waals surface area contributed by atoms with Gasteiger partial charge in [-0.15, -0.1) is 0 Å². The highest BCUT2D eigenvalue weighted by atomic mass is 16.8. The molecule has 0 aromatic rings. The molecule has 8 aliphatic heterocycles. The fourth-order valence-corrected chi connectivity index (χ4v) is 15.8. The quantitative estimate of drug-likeness (QED) is 0.0272. The van der Waals surface area contributed by atoms with E-state index in [4.69, 9.17) is 75.8 Å². The van der Waals surface area contributed by atoms with Crippen LogP contribution in [0.1, 0.15) is 54.4 Å². The fraction of sp³-hybridized carbons (Fsp3) is 0.900. The topological polar surface area (TPSA) is 894 Å². The number of nitrogens with one attached hydrogen (secondary N) is 5. The van der Waals surface area contributed by atoms with Crippen molar-refractivity contribution in [1.82, 2.24) is 26.6 Å². The van der Waals surface area contributed by atoms with Gasteiger partial charge >= 0.3 is 11.9 Å². The largest absolute Gasteiger partial charge is 0.477 e. The number of aliphatic hydroxyl groups excluding tert-OH is 26. The predicted octanol–water partition coefficient (Wildman–Crippen LogP) is -20.8. The minimum atomic E-state index is -3.34. The van der Waals surface area contributed by atoms with Crippen LogP contribution in [0.5, 0.6) is 0 Å². The van der Waals surface area contributed by atoms with Crippen LogP contribution in [0, 0.1) is 0 Å². The monoisotopic (exact) mass is 1840 g/mol. The van der Waals surface area contributed by atoms with E-state index in [1.165, 1.54) is 6.92 Å². The number of hydrogen-bond donors (Lipinski definition) is 33. The lowest BCUT2D eigenvalue weighted by atomic mass is 9.88. The molecule has 0 bridgehead atoms. The molecule has 0 aromatic heterocycles. The van der Waals surface area contributed by atoms with Gasteiger partial charge < -0.3 is 245 Å². The van der Waals surface area contributed by atoms with Crippen molar-refractivity contribution in [3.63, 3.8) is 0 Å². The zero-order valence-corrected chi connectivity index (χ0v) is 68.1. The van der Waals surface area contributed by atoms with Crippen molar-refractivity contribution in [3.05, 3.63) is 0 Å². The molecule has 126 heavy (non-hydrogen) atoms. The van der Waals surface area contributed by atoms with E-state index in [1.807, 2.05) is 0 Å². The number of carboxylic acids is 2. The summed E-state index contributed by atoms with van der Waals surface area (Å²) >= 11 is 0. The number of amides is 5. The third-order valence-corrected chi connectivity index (χ3v) is 22.3. The summed E-state index contributed by atoms with van der Waals surface area (Å²) in [7, 11) is 0. The third kappa shape index (κ3) is 24.0. The number of carbonyl (C=O) groups excluding carboxylic acids is 5. The van der Waals surface area contributed by atoms with Crippen LogP contribution in [0.15, 0.2) is 0 Å². The number of aliphatic hydroxyl groups is 26. The van der Waals surface area contributed by atoms with Gasteiger partial charge in [0.1, 0.15) is 195 Å². The number of carbonyl (C=O) groups is 7. The van der Waals surface area contributed by atoms with Crippen LogP contribution in [0.2, 0.25) is 0 Å². The van der Waals surface area contributed by atoms with Crippen molar-refractivity contribution < 1.29 is 252 Å². The van der Waals surface area contributed by atoms with E-state index >= 15 is 0 Å². The Bertz CT molecular complexity index is 3510. The van der Waals surface area contributed by atoms with E-state index in [2.05, 4.69) is 26.6 Å². The summed E-state index contributed by atoms with van der Waals surface area (Å²) in [5.74, 6) is -15.8. The summed E-state index contributed by atoms with van der Waals surface area (Å²) in [6.07, 6.45) is -89.5. The summed E-state index contributed by atoms with van der Waals surface area (Å²) in [4.78, 5) is 90.3. The van der Waals surface area contributed by atoms with Gasteiger partial charge in [0.25, 0.3) is 11.6 Å². The van der Waals surface area contributed by atoms with Crippen LogP contribution in [0.4, 0.5) is 0 Å².